The molecule has 0 bridgehead atoms. The number of nitrogens with one attached hydrogen (secondary N) is 1. The second-order valence-corrected chi connectivity index (χ2v) is 4.74. The summed E-state index contributed by atoms with van der Waals surface area (Å²) < 4.78 is 0. The quantitative estimate of drug-likeness (QED) is 0.752. The van der Waals surface area contributed by atoms with Crippen LogP contribution >= 0.6 is 11.6 Å². The molecule has 82 valence electrons. The topological polar surface area (TPSA) is 24.9 Å². The Hall–Kier alpha value is -0.600. The molecule has 0 spiro atoms. The molecule has 1 aliphatic carbocycles. The number of pyridine rings is 1. The summed E-state index contributed by atoms with van der Waals surface area (Å²) in [4.78, 5) is 4.28. The number of aromatic nitrogens is 1. The molecule has 1 heterocycles. The van der Waals surface area contributed by atoms with Crippen molar-refractivity contribution >= 4 is 11.6 Å². The minimum absolute atomic E-state index is 0.510. The van der Waals surface area contributed by atoms with Gasteiger partial charge in [-0.3, -0.25) is 4.98 Å². The zero-order chi connectivity index (χ0) is 10.6. The lowest BCUT2D eigenvalue weighted by atomic mass is 10.0. The van der Waals surface area contributed by atoms with E-state index in [0.717, 1.165) is 31.1 Å². The van der Waals surface area contributed by atoms with Gasteiger partial charge in [-0.1, -0.05) is 6.07 Å². The van der Waals surface area contributed by atoms with Gasteiger partial charge in [-0.25, -0.2) is 0 Å². The molecule has 1 saturated carbocycles. The predicted molar refractivity (Wildman–Crippen MR) is 62.9 cm³/mol. The van der Waals surface area contributed by atoms with Crippen molar-refractivity contribution in [3.8, 4) is 0 Å². The van der Waals surface area contributed by atoms with Gasteiger partial charge < -0.3 is 5.32 Å². The number of nitrogens with zero attached hydrogens (tertiary/aromatic N) is 1. The molecule has 0 aliphatic heterocycles. The molecule has 0 amide bonds. The maximum absolute atomic E-state index is 5.78. The SMILES string of the molecule is ClCCC1(CNCc2ccccn2)CC1. The highest BCUT2D eigenvalue weighted by Gasteiger charge is 2.40. The van der Waals surface area contributed by atoms with Crippen molar-refractivity contribution in [3.05, 3.63) is 30.1 Å². The molecule has 1 N–H and O–H groups in total. The van der Waals surface area contributed by atoms with Gasteiger partial charge in [-0.15, -0.1) is 11.6 Å². The first kappa shape index (κ1) is 10.9. The van der Waals surface area contributed by atoms with Crippen molar-refractivity contribution in [2.24, 2.45) is 5.41 Å². The molecule has 15 heavy (non-hydrogen) atoms. The lowest BCUT2D eigenvalue weighted by Gasteiger charge is -2.13. The summed E-state index contributed by atoms with van der Waals surface area (Å²) in [6.07, 6.45) is 5.64. The zero-order valence-corrected chi connectivity index (χ0v) is 9.63. The van der Waals surface area contributed by atoms with Crippen molar-refractivity contribution in [2.45, 2.75) is 25.8 Å². The van der Waals surface area contributed by atoms with Crippen molar-refractivity contribution in [1.82, 2.24) is 10.3 Å². The fourth-order valence-electron chi connectivity index (χ4n) is 1.85. The van der Waals surface area contributed by atoms with Gasteiger partial charge in [0.2, 0.25) is 0 Å². The van der Waals surface area contributed by atoms with Crippen LogP contribution in [0.15, 0.2) is 24.4 Å². The van der Waals surface area contributed by atoms with Crippen LogP contribution in [0.5, 0.6) is 0 Å². The lowest BCUT2D eigenvalue weighted by Crippen LogP contribution is -2.24. The molecule has 0 atom stereocenters. The van der Waals surface area contributed by atoms with Crippen molar-refractivity contribution in [1.29, 1.82) is 0 Å². The van der Waals surface area contributed by atoms with E-state index in [1.54, 1.807) is 0 Å². The first-order valence-electron chi connectivity index (χ1n) is 5.51. The molecular formula is C12H17ClN2. The van der Waals surface area contributed by atoms with Gasteiger partial charge in [-0.05, 0) is 36.8 Å². The van der Waals surface area contributed by atoms with Crippen molar-refractivity contribution in [2.75, 3.05) is 12.4 Å². The van der Waals surface area contributed by atoms with E-state index in [4.69, 9.17) is 11.6 Å². The van der Waals surface area contributed by atoms with Crippen LogP contribution in [0.2, 0.25) is 0 Å². The molecule has 1 aromatic heterocycles. The Bertz CT molecular complexity index is 296. The average Bonchev–Trinajstić information content (AvgIpc) is 3.00. The Morgan fingerprint density at radius 2 is 2.27 bits per heavy atom. The van der Waals surface area contributed by atoms with Gasteiger partial charge in [0, 0.05) is 25.2 Å². The van der Waals surface area contributed by atoms with E-state index >= 15 is 0 Å². The van der Waals surface area contributed by atoms with E-state index in [2.05, 4.69) is 10.3 Å². The van der Waals surface area contributed by atoms with Crippen molar-refractivity contribution in [3.63, 3.8) is 0 Å². The minimum Gasteiger partial charge on any atom is -0.311 e. The average molecular weight is 225 g/mol. The Labute approximate surface area is 96.1 Å². The molecule has 1 aromatic rings. The third-order valence-electron chi connectivity index (χ3n) is 3.11. The Balaban J connectivity index is 1.71. The van der Waals surface area contributed by atoms with Crippen LogP contribution < -0.4 is 5.32 Å². The maximum atomic E-state index is 5.78. The highest BCUT2D eigenvalue weighted by Crippen LogP contribution is 2.48. The number of rotatable bonds is 6. The van der Waals surface area contributed by atoms with Gasteiger partial charge >= 0.3 is 0 Å². The Morgan fingerprint density at radius 1 is 1.40 bits per heavy atom. The first-order valence-corrected chi connectivity index (χ1v) is 6.05. The lowest BCUT2D eigenvalue weighted by molar-refractivity contribution is 0.444. The fourth-order valence-corrected chi connectivity index (χ4v) is 2.25. The van der Waals surface area contributed by atoms with E-state index in [1.165, 1.54) is 12.8 Å². The molecule has 3 heteroatoms. The number of halogens is 1. The van der Waals surface area contributed by atoms with Crippen molar-refractivity contribution < 1.29 is 0 Å². The summed E-state index contributed by atoms with van der Waals surface area (Å²) in [6, 6.07) is 6.02. The van der Waals surface area contributed by atoms with Gasteiger partial charge in [0.25, 0.3) is 0 Å². The second kappa shape index (κ2) is 4.95. The predicted octanol–water partition coefficient (Wildman–Crippen LogP) is 2.58. The van der Waals surface area contributed by atoms with Gasteiger partial charge in [0.1, 0.15) is 0 Å². The molecule has 2 nitrogen and oxygen atoms in total. The van der Waals surface area contributed by atoms with Crippen LogP contribution in [0.3, 0.4) is 0 Å². The van der Waals surface area contributed by atoms with Gasteiger partial charge in [-0.2, -0.15) is 0 Å². The number of alkyl halides is 1. The van der Waals surface area contributed by atoms with Crippen LogP contribution in [-0.2, 0) is 6.54 Å². The highest BCUT2D eigenvalue weighted by atomic mass is 35.5. The van der Waals surface area contributed by atoms with Gasteiger partial charge in [0.05, 0.1) is 5.69 Å². The third kappa shape index (κ3) is 3.18. The van der Waals surface area contributed by atoms with E-state index in [-0.39, 0.29) is 0 Å². The first-order chi connectivity index (χ1) is 7.35. The molecule has 0 aromatic carbocycles. The van der Waals surface area contributed by atoms with E-state index in [0.29, 0.717) is 5.41 Å². The molecule has 0 radical (unpaired) electrons. The molecule has 0 unspecified atom stereocenters. The van der Waals surface area contributed by atoms with Crippen LogP contribution in [-0.4, -0.2) is 17.4 Å². The Kier molecular flexibility index (Phi) is 3.60. The summed E-state index contributed by atoms with van der Waals surface area (Å²) in [5.74, 6) is 0.783. The molecule has 0 saturated heterocycles. The Morgan fingerprint density at radius 3 is 2.87 bits per heavy atom. The minimum atomic E-state index is 0.510. The largest absolute Gasteiger partial charge is 0.311 e. The van der Waals surface area contributed by atoms with Crippen LogP contribution in [0, 0.1) is 5.41 Å². The van der Waals surface area contributed by atoms with Gasteiger partial charge in [0.15, 0.2) is 0 Å². The van der Waals surface area contributed by atoms with Crippen LogP contribution in [0.4, 0.5) is 0 Å². The fraction of sp³-hybridized carbons (Fsp3) is 0.583. The molecule has 1 fully saturated rings. The molecule has 1 aliphatic rings. The number of hydrogen-bond acceptors (Lipinski definition) is 2. The van der Waals surface area contributed by atoms with Crippen LogP contribution in [0.1, 0.15) is 25.0 Å². The molecular weight excluding hydrogens is 208 g/mol. The highest BCUT2D eigenvalue weighted by molar-refractivity contribution is 6.17. The second-order valence-electron chi connectivity index (χ2n) is 4.36. The van der Waals surface area contributed by atoms with E-state index in [9.17, 15) is 0 Å². The normalized spacial score (nSPS) is 17.7. The summed E-state index contributed by atoms with van der Waals surface area (Å²) in [5.41, 5.74) is 1.62. The zero-order valence-electron chi connectivity index (χ0n) is 8.88. The monoisotopic (exact) mass is 224 g/mol. The molecule has 2 rings (SSSR count). The number of hydrogen-bond donors (Lipinski definition) is 1. The summed E-state index contributed by atoms with van der Waals surface area (Å²) in [6.45, 7) is 1.95. The summed E-state index contributed by atoms with van der Waals surface area (Å²) in [5, 5.41) is 3.47. The third-order valence-corrected chi connectivity index (χ3v) is 3.30. The standard InChI is InChI=1S/C12H17ClN2/c13-7-6-12(4-5-12)10-14-9-11-3-1-2-8-15-11/h1-3,8,14H,4-7,9-10H2. The maximum Gasteiger partial charge on any atom is 0.0541 e. The van der Waals surface area contributed by atoms with Crippen LogP contribution in [0.25, 0.3) is 0 Å². The summed E-state index contributed by atoms with van der Waals surface area (Å²) >= 11 is 5.78. The van der Waals surface area contributed by atoms with E-state index < -0.39 is 0 Å². The summed E-state index contributed by atoms with van der Waals surface area (Å²) in [7, 11) is 0. The van der Waals surface area contributed by atoms with E-state index in [1.807, 2.05) is 24.4 Å². The smallest absolute Gasteiger partial charge is 0.0541 e.